The minimum atomic E-state index is -0.931. The van der Waals surface area contributed by atoms with Gasteiger partial charge in [-0.2, -0.15) is 0 Å². The molecule has 0 bridgehead atoms. The van der Waals surface area contributed by atoms with Gasteiger partial charge in [-0.25, -0.2) is 4.39 Å². The molecule has 108 valence electrons. The number of amides is 1. The van der Waals surface area contributed by atoms with Crippen LogP contribution in [-0.4, -0.2) is 17.0 Å². The van der Waals surface area contributed by atoms with E-state index in [1.54, 1.807) is 19.1 Å². The Morgan fingerprint density at radius 1 is 1.25 bits per heavy atom. The quantitative estimate of drug-likeness (QED) is 0.894. The summed E-state index contributed by atoms with van der Waals surface area (Å²) in [5.41, 5.74) is 0.872. The molecule has 5 heteroatoms. The van der Waals surface area contributed by atoms with Crippen LogP contribution in [0, 0.1) is 24.6 Å². The third-order valence-electron chi connectivity index (χ3n) is 3.86. The Morgan fingerprint density at radius 2 is 1.90 bits per heavy atom. The second-order valence-electron chi connectivity index (χ2n) is 5.29. The van der Waals surface area contributed by atoms with E-state index < -0.39 is 17.8 Å². The zero-order chi connectivity index (χ0) is 14.7. The van der Waals surface area contributed by atoms with Crippen LogP contribution in [-0.2, 0) is 9.59 Å². The fourth-order valence-corrected chi connectivity index (χ4v) is 2.65. The zero-order valence-corrected chi connectivity index (χ0v) is 11.4. The molecule has 1 amide bonds. The van der Waals surface area contributed by atoms with Crippen LogP contribution in [0.4, 0.5) is 10.1 Å². The van der Waals surface area contributed by atoms with Gasteiger partial charge >= 0.3 is 5.97 Å². The highest BCUT2D eigenvalue weighted by atomic mass is 19.1. The summed E-state index contributed by atoms with van der Waals surface area (Å²) in [5, 5.41) is 11.8. The lowest BCUT2D eigenvalue weighted by molar-refractivity contribution is -0.147. The predicted octanol–water partition coefficient (Wildman–Crippen LogP) is 2.96. The number of carboxylic acids is 1. The number of hydrogen-bond donors (Lipinski definition) is 2. The number of anilines is 1. The standard InChI is InChI=1S/C15H18FNO3/c1-9-6-7-10(8-13(9)16)17-14(18)11-4-2-3-5-12(11)15(19)20/h6-8,11-12H,2-5H2,1H3,(H,17,18)(H,19,20). The number of carboxylic acid groups (broad SMARTS) is 1. The molecule has 0 radical (unpaired) electrons. The molecule has 1 aliphatic carbocycles. The van der Waals surface area contributed by atoms with Crippen molar-refractivity contribution in [3.63, 3.8) is 0 Å². The van der Waals surface area contributed by atoms with E-state index >= 15 is 0 Å². The van der Waals surface area contributed by atoms with Gasteiger partial charge in [0, 0.05) is 5.69 Å². The molecule has 4 nitrogen and oxygen atoms in total. The fourth-order valence-electron chi connectivity index (χ4n) is 2.65. The number of aryl methyl sites for hydroxylation is 1. The summed E-state index contributed by atoms with van der Waals surface area (Å²) in [6, 6.07) is 4.46. The van der Waals surface area contributed by atoms with Crippen LogP contribution in [0.5, 0.6) is 0 Å². The average Bonchev–Trinajstić information content (AvgIpc) is 2.43. The molecule has 2 N–H and O–H groups in total. The molecular formula is C15H18FNO3. The SMILES string of the molecule is Cc1ccc(NC(=O)C2CCCCC2C(=O)O)cc1F. The van der Waals surface area contributed by atoms with Gasteiger partial charge in [-0.1, -0.05) is 18.9 Å². The molecule has 0 heterocycles. The van der Waals surface area contributed by atoms with Gasteiger partial charge in [0.25, 0.3) is 0 Å². The first-order valence-corrected chi connectivity index (χ1v) is 6.79. The Morgan fingerprint density at radius 3 is 2.50 bits per heavy atom. The second-order valence-corrected chi connectivity index (χ2v) is 5.29. The van der Waals surface area contributed by atoms with Crippen molar-refractivity contribution in [1.82, 2.24) is 0 Å². The molecule has 0 aliphatic heterocycles. The lowest BCUT2D eigenvalue weighted by Crippen LogP contribution is -2.36. The Bertz CT molecular complexity index is 530. The van der Waals surface area contributed by atoms with E-state index in [-0.39, 0.29) is 11.7 Å². The van der Waals surface area contributed by atoms with Crippen molar-refractivity contribution in [2.75, 3.05) is 5.32 Å². The summed E-state index contributed by atoms with van der Waals surface area (Å²) < 4.78 is 13.4. The number of hydrogen-bond acceptors (Lipinski definition) is 2. The monoisotopic (exact) mass is 279 g/mol. The molecule has 1 saturated carbocycles. The number of nitrogens with one attached hydrogen (secondary N) is 1. The van der Waals surface area contributed by atoms with Crippen LogP contribution in [0.25, 0.3) is 0 Å². The van der Waals surface area contributed by atoms with Crippen LogP contribution >= 0.6 is 0 Å². The molecule has 1 aromatic carbocycles. The van der Waals surface area contributed by atoms with E-state index in [1.807, 2.05) is 0 Å². The zero-order valence-electron chi connectivity index (χ0n) is 11.4. The largest absolute Gasteiger partial charge is 0.481 e. The van der Waals surface area contributed by atoms with Gasteiger partial charge < -0.3 is 10.4 Å². The fraction of sp³-hybridized carbons (Fsp3) is 0.467. The Hall–Kier alpha value is -1.91. The van der Waals surface area contributed by atoms with E-state index in [2.05, 4.69) is 5.32 Å². The summed E-state index contributed by atoms with van der Waals surface area (Å²) in [6.07, 6.45) is 2.77. The number of rotatable bonds is 3. The number of carbonyl (C=O) groups excluding carboxylic acids is 1. The van der Waals surface area contributed by atoms with Crippen LogP contribution in [0.1, 0.15) is 31.2 Å². The minimum absolute atomic E-state index is 0.333. The van der Waals surface area contributed by atoms with Gasteiger partial charge in [-0.3, -0.25) is 9.59 Å². The van der Waals surface area contributed by atoms with Crippen LogP contribution < -0.4 is 5.32 Å². The molecule has 2 unspecified atom stereocenters. The van der Waals surface area contributed by atoms with E-state index in [1.165, 1.54) is 6.07 Å². The Kier molecular flexibility index (Phi) is 4.37. The summed E-state index contributed by atoms with van der Waals surface area (Å²) in [6.45, 7) is 1.64. The van der Waals surface area contributed by atoms with Crippen molar-refractivity contribution in [3.05, 3.63) is 29.6 Å². The number of benzene rings is 1. The maximum absolute atomic E-state index is 13.4. The van der Waals surface area contributed by atoms with Gasteiger partial charge in [-0.15, -0.1) is 0 Å². The first kappa shape index (κ1) is 14.5. The van der Waals surface area contributed by atoms with Crippen molar-refractivity contribution >= 4 is 17.6 Å². The van der Waals surface area contributed by atoms with Crippen LogP contribution in [0.2, 0.25) is 0 Å². The highest BCUT2D eigenvalue weighted by molar-refractivity contribution is 5.95. The lowest BCUT2D eigenvalue weighted by Gasteiger charge is -2.27. The van der Waals surface area contributed by atoms with Crippen molar-refractivity contribution < 1.29 is 19.1 Å². The summed E-state index contributed by atoms with van der Waals surface area (Å²) >= 11 is 0. The van der Waals surface area contributed by atoms with Gasteiger partial charge in [0.05, 0.1) is 11.8 Å². The van der Waals surface area contributed by atoms with Crippen molar-refractivity contribution in [3.8, 4) is 0 Å². The Balaban J connectivity index is 2.09. The molecule has 0 spiro atoms. The Labute approximate surface area is 117 Å². The minimum Gasteiger partial charge on any atom is -0.481 e. The summed E-state index contributed by atoms with van der Waals surface area (Å²) in [7, 11) is 0. The predicted molar refractivity (Wildman–Crippen MR) is 72.9 cm³/mol. The van der Waals surface area contributed by atoms with E-state index in [0.29, 0.717) is 24.1 Å². The third-order valence-corrected chi connectivity index (χ3v) is 3.86. The molecule has 2 atom stereocenters. The molecule has 1 fully saturated rings. The van der Waals surface area contributed by atoms with Crippen LogP contribution in [0.3, 0.4) is 0 Å². The molecular weight excluding hydrogens is 261 g/mol. The number of carbonyl (C=O) groups is 2. The third kappa shape index (κ3) is 3.15. The van der Waals surface area contributed by atoms with Crippen molar-refractivity contribution in [1.29, 1.82) is 0 Å². The average molecular weight is 279 g/mol. The van der Waals surface area contributed by atoms with E-state index in [0.717, 1.165) is 12.8 Å². The van der Waals surface area contributed by atoms with E-state index in [9.17, 15) is 14.0 Å². The molecule has 1 aliphatic rings. The number of halogens is 1. The van der Waals surface area contributed by atoms with Crippen molar-refractivity contribution in [2.45, 2.75) is 32.6 Å². The molecule has 0 saturated heterocycles. The van der Waals surface area contributed by atoms with Gasteiger partial charge in [0.1, 0.15) is 5.82 Å². The van der Waals surface area contributed by atoms with Gasteiger partial charge in [0.2, 0.25) is 5.91 Å². The highest BCUT2D eigenvalue weighted by Crippen LogP contribution is 2.31. The summed E-state index contributed by atoms with van der Waals surface area (Å²) in [4.78, 5) is 23.4. The summed E-state index contributed by atoms with van der Waals surface area (Å²) in [5.74, 6) is -2.83. The normalized spacial score (nSPS) is 22.3. The highest BCUT2D eigenvalue weighted by Gasteiger charge is 2.35. The number of aliphatic carboxylic acids is 1. The smallest absolute Gasteiger partial charge is 0.307 e. The first-order valence-electron chi connectivity index (χ1n) is 6.79. The van der Waals surface area contributed by atoms with Crippen molar-refractivity contribution in [2.24, 2.45) is 11.8 Å². The maximum Gasteiger partial charge on any atom is 0.307 e. The first-order chi connectivity index (χ1) is 9.49. The van der Waals surface area contributed by atoms with E-state index in [4.69, 9.17) is 5.11 Å². The second kappa shape index (κ2) is 6.03. The molecule has 2 rings (SSSR count). The molecule has 1 aromatic rings. The lowest BCUT2D eigenvalue weighted by atomic mass is 9.78. The molecule has 0 aromatic heterocycles. The maximum atomic E-state index is 13.4. The van der Waals surface area contributed by atoms with Gasteiger partial charge in [-0.05, 0) is 37.5 Å². The van der Waals surface area contributed by atoms with Crippen LogP contribution in [0.15, 0.2) is 18.2 Å². The van der Waals surface area contributed by atoms with Gasteiger partial charge in [0.15, 0.2) is 0 Å². The topological polar surface area (TPSA) is 66.4 Å². The molecule has 20 heavy (non-hydrogen) atoms.